The molecule has 0 aromatic carbocycles. The lowest BCUT2D eigenvalue weighted by atomic mass is 10.2. The number of hydrogen-bond donors (Lipinski definition) is 1. The number of nitrogens with one attached hydrogen (secondary N) is 1. The first-order valence-corrected chi connectivity index (χ1v) is 6.48. The van der Waals surface area contributed by atoms with Crippen LogP contribution in [-0.2, 0) is 17.9 Å². The molecule has 1 aromatic rings. The van der Waals surface area contributed by atoms with E-state index in [1.165, 1.54) is 9.88 Å². The van der Waals surface area contributed by atoms with Crippen molar-refractivity contribution in [1.29, 1.82) is 0 Å². The Morgan fingerprint density at radius 3 is 3.18 bits per heavy atom. The summed E-state index contributed by atoms with van der Waals surface area (Å²) in [4.78, 5) is 8.09. The molecule has 0 aliphatic carbocycles. The Balaban J connectivity index is 0.00000144. The van der Waals surface area contributed by atoms with Gasteiger partial charge in [0.2, 0.25) is 0 Å². The Morgan fingerprint density at radius 1 is 1.65 bits per heavy atom. The van der Waals surface area contributed by atoms with E-state index < -0.39 is 0 Å². The molecule has 0 saturated carbocycles. The summed E-state index contributed by atoms with van der Waals surface area (Å²) >= 11 is 1.75. The fraction of sp³-hybridized carbons (Fsp3) is 0.727. The molecule has 4 nitrogen and oxygen atoms in total. The van der Waals surface area contributed by atoms with Crippen LogP contribution in [-0.4, -0.2) is 42.7 Å². The van der Waals surface area contributed by atoms with E-state index in [1.54, 1.807) is 18.4 Å². The molecular formula is C11H20ClN3OS. The van der Waals surface area contributed by atoms with E-state index in [4.69, 9.17) is 4.74 Å². The quantitative estimate of drug-likeness (QED) is 0.905. The number of hydrogen-bond acceptors (Lipinski definition) is 5. The van der Waals surface area contributed by atoms with Gasteiger partial charge in [-0.3, -0.25) is 4.90 Å². The van der Waals surface area contributed by atoms with Crippen LogP contribution in [0.5, 0.6) is 0 Å². The van der Waals surface area contributed by atoms with Crippen LogP contribution in [0.2, 0.25) is 0 Å². The maximum atomic E-state index is 5.10. The van der Waals surface area contributed by atoms with E-state index in [2.05, 4.69) is 22.1 Å². The van der Waals surface area contributed by atoms with E-state index in [1.807, 2.05) is 6.20 Å². The average Bonchev–Trinajstić information content (AvgIpc) is 2.66. The van der Waals surface area contributed by atoms with E-state index in [-0.39, 0.29) is 12.4 Å². The first-order valence-electron chi connectivity index (χ1n) is 5.66. The number of ether oxygens (including phenoxy) is 1. The van der Waals surface area contributed by atoms with Gasteiger partial charge < -0.3 is 10.1 Å². The Bertz CT molecular complexity index is 334. The Kier molecular flexibility index (Phi) is 6.37. The number of rotatable bonds is 4. The minimum atomic E-state index is 0. The highest BCUT2D eigenvalue weighted by molar-refractivity contribution is 7.11. The topological polar surface area (TPSA) is 37.4 Å². The molecule has 6 heteroatoms. The molecule has 1 aliphatic rings. The van der Waals surface area contributed by atoms with Crippen LogP contribution in [0.4, 0.5) is 0 Å². The normalized spacial score (nSPS) is 21.2. The summed E-state index contributed by atoms with van der Waals surface area (Å²) in [6.07, 6.45) is 1.93. The van der Waals surface area contributed by atoms with Gasteiger partial charge in [-0.15, -0.1) is 23.7 Å². The molecule has 1 atom stereocenters. The van der Waals surface area contributed by atoms with Gasteiger partial charge in [0.15, 0.2) is 0 Å². The molecule has 0 bridgehead atoms. The molecule has 1 aromatic heterocycles. The molecule has 0 amide bonds. The Hall–Kier alpha value is -0.200. The third kappa shape index (κ3) is 4.52. The van der Waals surface area contributed by atoms with E-state index in [0.29, 0.717) is 12.6 Å². The molecule has 1 saturated heterocycles. The third-order valence-corrected chi connectivity index (χ3v) is 3.66. The summed E-state index contributed by atoms with van der Waals surface area (Å²) in [6, 6.07) is 0.590. The second-order valence-corrected chi connectivity index (χ2v) is 5.44. The summed E-state index contributed by atoms with van der Waals surface area (Å²) in [7, 11) is 1.72. The SMILES string of the molecule is COCc1cnc(CN2CCN[C@H](C)C2)s1.Cl. The van der Waals surface area contributed by atoms with Gasteiger partial charge in [-0.1, -0.05) is 0 Å². The van der Waals surface area contributed by atoms with Crippen molar-refractivity contribution in [3.63, 3.8) is 0 Å². The zero-order valence-corrected chi connectivity index (χ0v) is 11.9. The highest BCUT2D eigenvalue weighted by Crippen LogP contribution is 2.16. The van der Waals surface area contributed by atoms with Gasteiger partial charge in [0.1, 0.15) is 5.01 Å². The molecule has 0 unspecified atom stereocenters. The van der Waals surface area contributed by atoms with Crippen molar-refractivity contribution in [2.45, 2.75) is 26.1 Å². The van der Waals surface area contributed by atoms with E-state index in [0.717, 1.165) is 26.2 Å². The predicted octanol–water partition coefficient (Wildman–Crippen LogP) is 1.50. The second kappa shape index (κ2) is 7.28. The van der Waals surface area contributed by atoms with Crippen LogP contribution in [0.1, 0.15) is 16.8 Å². The third-order valence-electron chi connectivity index (χ3n) is 2.70. The minimum absolute atomic E-state index is 0. The number of halogens is 1. The zero-order valence-electron chi connectivity index (χ0n) is 10.3. The van der Waals surface area contributed by atoms with Gasteiger partial charge in [0, 0.05) is 39.0 Å². The minimum Gasteiger partial charge on any atom is -0.379 e. The first kappa shape index (κ1) is 14.9. The number of nitrogens with zero attached hydrogens (tertiary/aromatic N) is 2. The molecular weight excluding hydrogens is 258 g/mol. The van der Waals surface area contributed by atoms with Crippen molar-refractivity contribution in [2.75, 3.05) is 26.7 Å². The van der Waals surface area contributed by atoms with Crippen molar-refractivity contribution in [2.24, 2.45) is 0 Å². The summed E-state index contributed by atoms with van der Waals surface area (Å²) < 4.78 is 5.10. The van der Waals surface area contributed by atoms with Crippen molar-refractivity contribution in [3.05, 3.63) is 16.1 Å². The van der Waals surface area contributed by atoms with E-state index >= 15 is 0 Å². The van der Waals surface area contributed by atoms with Gasteiger partial charge in [0.25, 0.3) is 0 Å². The summed E-state index contributed by atoms with van der Waals surface area (Å²) in [5.74, 6) is 0. The van der Waals surface area contributed by atoms with Gasteiger partial charge in [0.05, 0.1) is 18.0 Å². The molecule has 1 fully saturated rings. The molecule has 17 heavy (non-hydrogen) atoms. The lowest BCUT2D eigenvalue weighted by molar-refractivity contribution is 0.187. The first-order chi connectivity index (χ1) is 7.78. The Labute approximate surface area is 113 Å². The molecule has 2 rings (SSSR count). The van der Waals surface area contributed by atoms with Crippen molar-refractivity contribution in [1.82, 2.24) is 15.2 Å². The van der Waals surface area contributed by atoms with Crippen LogP contribution in [0, 0.1) is 0 Å². The van der Waals surface area contributed by atoms with Gasteiger partial charge in [-0.25, -0.2) is 4.98 Å². The Morgan fingerprint density at radius 2 is 2.47 bits per heavy atom. The molecule has 1 aliphatic heterocycles. The largest absolute Gasteiger partial charge is 0.379 e. The van der Waals surface area contributed by atoms with Crippen LogP contribution in [0.3, 0.4) is 0 Å². The van der Waals surface area contributed by atoms with Crippen molar-refractivity contribution in [3.8, 4) is 0 Å². The van der Waals surface area contributed by atoms with Crippen LogP contribution < -0.4 is 5.32 Å². The lowest BCUT2D eigenvalue weighted by Crippen LogP contribution is -2.48. The van der Waals surface area contributed by atoms with Gasteiger partial charge in [-0.05, 0) is 6.92 Å². The van der Waals surface area contributed by atoms with E-state index in [9.17, 15) is 0 Å². The number of aromatic nitrogens is 1. The molecule has 98 valence electrons. The smallest absolute Gasteiger partial charge is 0.107 e. The monoisotopic (exact) mass is 277 g/mol. The maximum absolute atomic E-state index is 5.10. The lowest BCUT2D eigenvalue weighted by Gasteiger charge is -2.31. The summed E-state index contributed by atoms with van der Waals surface area (Å²) in [5, 5.41) is 4.64. The van der Waals surface area contributed by atoms with Crippen LogP contribution >= 0.6 is 23.7 Å². The highest BCUT2D eigenvalue weighted by atomic mass is 35.5. The van der Waals surface area contributed by atoms with Gasteiger partial charge in [-0.2, -0.15) is 0 Å². The summed E-state index contributed by atoms with van der Waals surface area (Å²) in [6.45, 7) is 7.18. The average molecular weight is 278 g/mol. The zero-order chi connectivity index (χ0) is 11.4. The molecule has 1 N–H and O–H groups in total. The predicted molar refractivity (Wildman–Crippen MR) is 72.8 cm³/mol. The van der Waals surface area contributed by atoms with Crippen molar-refractivity contribution >= 4 is 23.7 Å². The highest BCUT2D eigenvalue weighted by Gasteiger charge is 2.16. The second-order valence-electron chi connectivity index (χ2n) is 4.24. The number of thiazole rings is 1. The summed E-state index contributed by atoms with van der Waals surface area (Å²) in [5.41, 5.74) is 0. The molecule has 2 heterocycles. The van der Waals surface area contributed by atoms with Crippen molar-refractivity contribution < 1.29 is 4.74 Å². The standard InChI is InChI=1S/C11H19N3OS.ClH/c1-9-6-14(4-3-12-9)7-11-13-5-10(16-11)8-15-2;/h5,9,12H,3-4,6-8H2,1-2H3;1H/t9-;/m1./s1. The van der Waals surface area contributed by atoms with Gasteiger partial charge >= 0.3 is 0 Å². The fourth-order valence-electron chi connectivity index (χ4n) is 1.98. The maximum Gasteiger partial charge on any atom is 0.107 e. The molecule has 0 radical (unpaired) electrons. The number of methoxy groups -OCH3 is 1. The van der Waals surface area contributed by atoms with Crippen LogP contribution in [0.15, 0.2) is 6.20 Å². The molecule has 0 spiro atoms. The van der Waals surface area contributed by atoms with Crippen LogP contribution in [0.25, 0.3) is 0 Å². The number of piperazine rings is 1. The fourth-order valence-corrected chi connectivity index (χ4v) is 2.91.